The first-order chi connectivity index (χ1) is 6.63. The number of aryl methyl sites for hydroxylation is 1. The fraction of sp³-hybridized carbons (Fsp3) is 0.500. The van der Waals surface area contributed by atoms with Gasteiger partial charge >= 0.3 is 0 Å². The Morgan fingerprint density at radius 3 is 2.93 bits per heavy atom. The van der Waals surface area contributed by atoms with Gasteiger partial charge in [0.2, 0.25) is 0 Å². The fourth-order valence-corrected chi connectivity index (χ4v) is 1.72. The van der Waals surface area contributed by atoms with E-state index in [9.17, 15) is 4.79 Å². The lowest BCUT2D eigenvalue weighted by molar-refractivity contribution is 0.0885. The Kier molecular flexibility index (Phi) is 3.99. The topological polar surface area (TPSA) is 96.4 Å². The zero-order chi connectivity index (χ0) is 10.6. The number of aliphatic hydroxyl groups excluding tert-OH is 2. The largest absolute Gasteiger partial charge is 0.394 e. The highest BCUT2D eigenvalue weighted by molar-refractivity contribution is 7.09. The van der Waals surface area contributed by atoms with Crippen molar-refractivity contribution in [3.63, 3.8) is 0 Å². The molecule has 1 aromatic heterocycles. The van der Waals surface area contributed by atoms with E-state index in [4.69, 9.17) is 15.9 Å². The van der Waals surface area contributed by atoms with Crippen molar-refractivity contribution in [3.05, 3.63) is 16.1 Å². The summed E-state index contributed by atoms with van der Waals surface area (Å²) < 4.78 is 0. The van der Waals surface area contributed by atoms with Gasteiger partial charge in [0.1, 0.15) is 5.69 Å². The van der Waals surface area contributed by atoms with Gasteiger partial charge in [-0.15, -0.1) is 11.3 Å². The predicted octanol–water partition coefficient (Wildman–Crippen LogP) is -0.472. The third-order valence-corrected chi connectivity index (χ3v) is 2.61. The molecular formula is C8H12N2O3S. The second kappa shape index (κ2) is 5.04. The van der Waals surface area contributed by atoms with Gasteiger partial charge in [0.15, 0.2) is 0 Å². The molecule has 0 fully saturated rings. The van der Waals surface area contributed by atoms with Crippen molar-refractivity contribution < 1.29 is 15.0 Å². The highest BCUT2D eigenvalue weighted by Gasteiger charge is 2.08. The number of hydrogen-bond donors (Lipinski definition) is 3. The molecule has 0 spiro atoms. The first-order valence-corrected chi connectivity index (χ1v) is 5.04. The molecule has 1 amide bonds. The maximum absolute atomic E-state index is 10.7. The van der Waals surface area contributed by atoms with Crippen LogP contribution in [0.1, 0.15) is 21.9 Å². The third-order valence-electron chi connectivity index (χ3n) is 1.71. The molecule has 78 valence electrons. The van der Waals surface area contributed by atoms with Crippen molar-refractivity contribution in [1.82, 2.24) is 4.98 Å². The SMILES string of the molecule is NC(=O)c1csc(CC[C@H](O)CO)n1. The van der Waals surface area contributed by atoms with Crippen molar-refractivity contribution in [2.45, 2.75) is 18.9 Å². The van der Waals surface area contributed by atoms with Crippen molar-refractivity contribution in [3.8, 4) is 0 Å². The van der Waals surface area contributed by atoms with Gasteiger partial charge in [-0.1, -0.05) is 0 Å². The molecule has 0 bridgehead atoms. The van der Waals surface area contributed by atoms with Crippen molar-refractivity contribution in [1.29, 1.82) is 0 Å². The molecule has 0 aromatic carbocycles. The summed E-state index contributed by atoms with van der Waals surface area (Å²) >= 11 is 1.33. The summed E-state index contributed by atoms with van der Waals surface area (Å²) in [6.45, 7) is -0.256. The Morgan fingerprint density at radius 2 is 2.43 bits per heavy atom. The second-order valence-corrected chi connectivity index (χ2v) is 3.81. The molecule has 4 N–H and O–H groups in total. The van der Waals surface area contributed by atoms with Gasteiger partial charge in [0.05, 0.1) is 17.7 Å². The molecule has 0 saturated carbocycles. The highest BCUT2D eigenvalue weighted by atomic mass is 32.1. The van der Waals surface area contributed by atoms with Gasteiger partial charge < -0.3 is 15.9 Å². The van der Waals surface area contributed by atoms with Gasteiger partial charge in [-0.2, -0.15) is 0 Å². The van der Waals surface area contributed by atoms with Gasteiger partial charge in [-0.3, -0.25) is 4.79 Å². The van der Waals surface area contributed by atoms with Crippen LogP contribution < -0.4 is 5.73 Å². The average molecular weight is 216 g/mol. The lowest BCUT2D eigenvalue weighted by atomic mass is 10.2. The monoisotopic (exact) mass is 216 g/mol. The zero-order valence-corrected chi connectivity index (χ0v) is 8.33. The van der Waals surface area contributed by atoms with Crippen LogP contribution >= 0.6 is 11.3 Å². The number of rotatable bonds is 5. The van der Waals surface area contributed by atoms with Crippen molar-refractivity contribution in [2.24, 2.45) is 5.73 Å². The molecule has 6 heteroatoms. The maximum atomic E-state index is 10.7. The van der Waals surface area contributed by atoms with E-state index in [1.807, 2.05) is 0 Å². The van der Waals surface area contributed by atoms with Gasteiger partial charge in [-0.05, 0) is 6.42 Å². The van der Waals surface area contributed by atoms with E-state index in [-0.39, 0.29) is 12.3 Å². The highest BCUT2D eigenvalue weighted by Crippen LogP contribution is 2.12. The molecule has 0 aliphatic carbocycles. The number of aromatic nitrogens is 1. The van der Waals surface area contributed by atoms with E-state index in [1.54, 1.807) is 5.38 Å². The first kappa shape index (κ1) is 11.1. The number of primary amides is 1. The molecule has 1 atom stereocenters. The van der Waals surface area contributed by atoms with Crippen LogP contribution in [0.5, 0.6) is 0 Å². The number of thiazole rings is 1. The van der Waals surface area contributed by atoms with Gasteiger partial charge in [0.25, 0.3) is 5.91 Å². The minimum Gasteiger partial charge on any atom is -0.394 e. The third kappa shape index (κ3) is 3.06. The van der Waals surface area contributed by atoms with Gasteiger partial charge in [0, 0.05) is 11.8 Å². The molecular weight excluding hydrogens is 204 g/mol. The molecule has 5 nitrogen and oxygen atoms in total. The zero-order valence-electron chi connectivity index (χ0n) is 7.51. The van der Waals surface area contributed by atoms with Crippen LogP contribution in [-0.2, 0) is 6.42 Å². The lowest BCUT2D eigenvalue weighted by Gasteiger charge is -2.03. The smallest absolute Gasteiger partial charge is 0.268 e. The average Bonchev–Trinajstić information content (AvgIpc) is 2.62. The molecule has 1 heterocycles. The van der Waals surface area contributed by atoms with Crippen LogP contribution in [0.3, 0.4) is 0 Å². The normalized spacial score (nSPS) is 12.7. The predicted molar refractivity (Wildman–Crippen MR) is 52.0 cm³/mol. The Morgan fingerprint density at radius 1 is 1.71 bits per heavy atom. The second-order valence-electron chi connectivity index (χ2n) is 2.87. The summed E-state index contributed by atoms with van der Waals surface area (Å²) in [7, 11) is 0. The summed E-state index contributed by atoms with van der Waals surface area (Å²) in [5.74, 6) is -0.546. The Bertz CT molecular complexity index is 313. The van der Waals surface area contributed by atoms with E-state index in [0.29, 0.717) is 12.8 Å². The van der Waals surface area contributed by atoms with E-state index >= 15 is 0 Å². The molecule has 0 aliphatic rings. The van der Waals surface area contributed by atoms with Crippen molar-refractivity contribution in [2.75, 3.05) is 6.61 Å². The summed E-state index contributed by atoms with van der Waals surface area (Å²) in [5.41, 5.74) is 5.28. The van der Waals surface area contributed by atoms with Crippen LogP contribution in [-0.4, -0.2) is 33.8 Å². The first-order valence-electron chi connectivity index (χ1n) is 4.16. The molecule has 14 heavy (non-hydrogen) atoms. The molecule has 0 aliphatic heterocycles. The van der Waals surface area contributed by atoms with Gasteiger partial charge in [-0.25, -0.2) is 4.98 Å². The number of carbonyl (C=O) groups is 1. The molecule has 1 rings (SSSR count). The minimum absolute atomic E-state index is 0.253. The Hall–Kier alpha value is -0.980. The summed E-state index contributed by atoms with van der Waals surface area (Å²) in [5, 5.41) is 20.0. The number of carbonyl (C=O) groups excluding carboxylic acids is 1. The lowest BCUT2D eigenvalue weighted by Crippen LogP contribution is -2.13. The van der Waals surface area contributed by atoms with Crippen molar-refractivity contribution >= 4 is 17.2 Å². The Balaban J connectivity index is 2.48. The van der Waals surface area contributed by atoms with Crippen LogP contribution in [0.2, 0.25) is 0 Å². The standard InChI is InChI=1S/C8H12N2O3S/c9-8(13)6-4-14-7(10-6)2-1-5(12)3-11/h4-5,11-12H,1-3H2,(H2,9,13)/t5-/m0/s1. The summed E-state index contributed by atoms with van der Waals surface area (Å²) in [6, 6.07) is 0. The van der Waals surface area contributed by atoms with Crippen LogP contribution in [0.25, 0.3) is 0 Å². The van der Waals surface area contributed by atoms with E-state index in [0.717, 1.165) is 5.01 Å². The van der Waals surface area contributed by atoms with Crippen LogP contribution in [0.15, 0.2) is 5.38 Å². The minimum atomic E-state index is -0.726. The fourth-order valence-electron chi connectivity index (χ4n) is 0.920. The summed E-state index contributed by atoms with van der Waals surface area (Å²) in [6.07, 6.45) is 0.248. The number of amides is 1. The number of aliphatic hydroxyl groups is 2. The van der Waals surface area contributed by atoms with Crippen LogP contribution in [0, 0.1) is 0 Å². The van der Waals surface area contributed by atoms with Crippen LogP contribution in [0.4, 0.5) is 0 Å². The number of nitrogens with two attached hydrogens (primary N) is 1. The maximum Gasteiger partial charge on any atom is 0.268 e. The van der Waals surface area contributed by atoms with E-state index < -0.39 is 12.0 Å². The van der Waals surface area contributed by atoms with E-state index in [2.05, 4.69) is 4.98 Å². The molecule has 0 unspecified atom stereocenters. The molecule has 0 radical (unpaired) electrons. The molecule has 0 saturated heterocycles. The number of nitrogens with zero attached hydrogens (tertiary/aromatic N) is 1. The van der Waals surface area contributed by atoms with E-state index in [1.165, 1.54) is 11.3 Å². The molecule has 1 aromatic rings. The Labute approximate surface area is 85.2 Å². The number of hydrogen-bond acceptors (Lipinski definition) is 5. The summed E-state index contributed by atoms with van der Waals surface area (Å²) in [4.78, 5) is 14.7. The quantitative estimate of drug-likeness (QED) is 0.619.